The van der Waals surface area contributed by atoms with E-state index in [2.05, 4.69) is 5.32 Å². The van der Waals surface area contributed by atoms with Crippen LogP contribution < -0.4 is 19.7 Å². The van der Waals surface area contributed by atoms with Gasteiger partial charge in [0.15, 0.2) is 11.5 Å². The van der Waals surface area contributed by atoms with Gasteiger partial charge in [0.2, 0.25) is 5.91 Å². The first-order chi connectivity index (χ1) is 19.5. The van der Waals surface area contributed by atoms with Gasteiger partial charge in [0, 0.05) is 36.8 Å². The van der Waals surface area contributed by atoms with Crippen molar-refractivity contribution in [3.63, 3.8) is 0 Å². The minimum absolute atomic E-state index is 0.0586. The molecule has 5 rings (SSSR count). The number of anilines is 1. The Morgan fingerprint density at radius 2 is 1.73 bits per heavy atom. The number of ether oxygens (including phenoxy) is 2. The zero-order valence-electron chi connectivity index (χ0n) is 24.0. The molecule has 2 aliphatic rings. The SMILES string of the molecule is CNC(=O)N1CC(C(C)(O)c2ccc(N3C(=O)Cc4cc(OC)c(OC(C)C)cc4C3c3ccc(Cl)cc3)cc2)C1. The standard InChI is InChI=1S/C32H36ClN3O5/c1-19(2)41-28-16-26-21(14-27(28)40-5)15-29(37)36(30(26)20-6-10-24(33)11-7-20)25-12-8-22(9-13-25)32(3,39)23-17-35(18-23)31(38)34-4/h6-14,16,19,23,30,39H,15,17-18H2,1-5H3,(H,34,38). The minimum atomic E-state index is -1.13. The number of nitrogens with one attached hydrogen (secondary N) is 1. The normalized spacial score (nSPS) is 18.4. The Kier molecular flexibility index (Phi) is 7.90. The third kappa shape index (κ3) is 5.46. The van der Waals surface area contributed by atoms with Crippen LogP contribution in [0.2, 0.25) is 5.02 Å². The third-order valence-corrected chi connectivity index (χ3v) is 8.30. The number of urea groups is 1. The molecule has 9 heteroatoms. The van der Waals surface area contributed by atoms with Crippen molar-refractivity contribution in [2.24, 2.45) is 5.92 Å². The van der Waals surface area contributed by atoms with Crippen LogP contribution in [0.4, 0.5) is 10.5 Å². The van der Waals surface area contributed by atoms with Crippen molar-refractivity contribution in [2.75, 3.05) is 32.1 Å². The largest absolute Gasteiger partial charge is 0.493 e. The number of hydrogen-bond acceptors (Lipinski definition) is 5. The van der Waals surface area contributed by atoms with Crippen molar-refractivity contribution in [1.29, 1.82) is 0 Å². The minimum Gasteiger partial charge on any atom is -0.493 e. The Hall–Kier alpha value is -3.75. The maximum Gasteiger partial charge on any atom is 0.317 e. The number of rotatable bonds is 7. The maximum atomic E-state index is 13.8. The first kappa shape index (κ1) is 28.8. The monoisotopic (exact) mass is 577 g/mol. The summed E-state index contributed by atoms with van der Waals surface area (Å²) >= 11 is 6.23. The van der Waals surface area contributed by atoms with Gasteiger partial charge in [-0.15, -0.1) is 0 Å². The Morgan fingerprint density at radius 3 is 2.32 bits per heavy atom. The lowest BCUT2D eigenvalue weighted by molar-refractivity contribution is -0.118. The van der Waals surface area contributed by atoms with Crippen molar-refractivity contribution in [2.45, 2.75) is 44.9 Å². The summed E-state index contributed by atoms with van der Waals surface area (Å²) in [6, 6.07) is 18.3. The molecule has 2 heterocycles. The number of fused-ring (bicyclic) bond motifs is 1. The van der Waals surface area contributed by atoms with E-state index in [-0.39, 0.29) is 30.4 Å². The van der Waals surface area contributed by atoms with Crippen LogP contribution >= 0.6 is 11.6 Å². The highest BCUT2D eigenvalue weighted by molar-refractivity contribution is 6.30. The summed E-state index contributed by atoms with van der Waals surface area (Å²) in [5, 5.41) is 14.6. The highest BCUT2D eigenvalue weighted by Gasteiger charge is 2.44. The molecule has 41 heavy (non-hydrogen) atoms. The van der Waals surface area contributed by atoms with Crippen LogP contribution in [0, 0.1) is 5.92 Å². The van der Waals surface area contributed by atoms with Gasteiger partial charge in [0.05, 0.1) is 31.3 Å². The van der Waals surface area contributed by atoms with Crippen molar-refractivity contribution < 1.29 is 24.2 Å². The molecule has 2 aliphatic heterocycles. The molecule has 8 nitrogen and oxygen atoms in total. The second-order valence-corrected chi connectivity index (χ2v) is 11.6. The number of nitrogens with zero attached hydrogens (tertiary/aromatic N) is 2. The van der Waals surface area contributed by atoms with Gasteiger partial charge >= 0.3 is 6.03 Å². The Labute approximate surface area is 245 Å². The molecule has 1 fully saturated rings. The molecule has 0 bridgehead atoms. The number of benzene rings is 3. The fourth-order valence-corrected chi connectivity index (χ4v) is 5.81. The lowest BCUT2D eigenvalue weighted by Crippen LogP contribution is -2.59. The fourth-order valence-electron chi connectivity index (χ4n) is 5.68. The van der Waals surface area contributed by atoms with Crippen LogP contribution in [0.1, 0.15) is 49.1 Å². The summed E-state index contributed by atoms with van der Waals surface area (Å²) in [6.07, 6.45) is 0.144. The van der Waals surface area contributed by atoms with Crippen molar-refractivity contribution in [3.8, 4) is 11.5 Å². The Balaban J connectivity index is 1.52. The van der Waals surface area contributed by atoms with Gasteiger partial charge in [0.1, 0.15) is 0 Å². The molecule has 3 aromatic rings. The molecule has 1 saturated heterocycles. The molecule has 216 valence electrons. The summed E-state index contributed by atoms with van der Waals surface area (Å²) in [5.41, 5.74) is 3.05. The first-order valence-electron chi connectivity index (χ1n) is 13.8. The van der Waals surface area contributed by atoms with Crippen molar-refractivity contribution in [3.05, 3.63) is 87.9 Å². The van der Waals surface area contributed by atoms with Crippen molar-refractivity contribution in [1.82, 2.24) is 10.2 Å². The molecule has 0 spiro atoms. The zero-order chi connectivity index (χ0) is 29.5. The quantitative estimate of drug-likeness (QED) is 0.398. The first-order valence-corrected chi connectivity index (χ1v) is 14.2. The zero-order valence-corrected chi connectivity index (χ0v) is 24.7. The van der Waals surface area contributed by atoms with E-state index >= 15 is 0 Å². The second kappa shape index (κ2) is 11.3. The number of halogens is 1. The number of hydrogen-bond donors (Lipinski definition) is 2. The molecule has 0 saturated carbocycles. The number of methoxy groups -OCH3 is 1. The van der Waals surface area contributed by atoms with Gasteiger partial charge in [-0.3, -0.25) is 4.79 Å². The summed E-state index contributed by atoms with van der Waals surface area (Å²) in [7, 11) is 3.19. The summed E-state index contributed by atoms with van der Waals surface area (Å²) in [6.45, 7) is 6.64. The van der Waals surface area contributed by atoms with Crippen LogP contribution in [0.3, 0.4) is 0 Å². The predicted molar refractivity (Wildman–Crippen MR) is 159 cm³/mol. The summed E-state index contributed by atoms with van der Waals surface area (Å²) < 4.78 is 11.7. The van der Waals surface area contributed by atoms with Gasteiger partial charge in [-0.2, -0.15) is 0 Å². The number of likely N-dealkylation sites (tertiary alicyclic amines) is 1. The summed E-state index contributed by atoms with van der Waals surface area (Å²) in [5.74, 6) is 1.06. The van der Waals surface area contributed by atoms with Gasteiger partial charge in [-0.05, 0) is 79.4 Å². The Bertz CT molecular complexity index is 1430. The highest BCUT2D eigenvalue weighted by atomic mass is 35.5. The molecule has 2 unspecified atom stereocenters. The van der Waals surface area contributed by atoms with Crippen LogP contribution in [0.15, 0.2) is 60.7 Å². The van der Waals surface area contributed by atoms with E-state index in [0.29, 0.717) is 35.3 Å². The predicted octanol–water partition coefficient (Wildman–Crippen LogP) is 5.29. The smallest absolute Gasteiger partial charge is 0.317 e. The maximum absolute atomic E-state index is 13.8. The molecular weight excluding hydrogens is 542 g/mol. The molecule has 3 amide bonds. The average Bonchev–Trinajstić information content (AvgIpc) is 2.91. The van der Waals surface area contributed by atoms with E-state index in [9.17, 15) is 14.7 Å². The summed E-state index contributed by atoms with van der Waals surface area (Å²) in [4.78, 5) is 29.1. The molecule has 2 atom stereocenters. The van der Waals surface area contributed by atoms with Crippen molar-refractivity contribution >= 4 is 29.2 Å². The number of aliphatic hydroxyl groups is 1. The van der Waals surface area contributed by atoms with E-state index in [1.54, 1.807) is 30.9 Å². The van der Waals surface area contributed by atoms with E-state index in [1.807, 2.05) is 74.5 Å². The molecule has 0 radical (unpaired) electrons. The van der Waals surface area contributed by atoms with Crippen LogP contribution in [-0.2, 0) is 16.8 Å². The lowest BCUT2D eigenvalue weighted by atomic mass is 9.78. The number of amides is 3. The van der Waals surface area contributed by atoms with E-state index in [0.717, 1.165) is 22.3 Å². The van der Waals surface area contributed by atoms with Gasteiger partial charge < -0.3 is 29.7 Å². The van der Waals surface area contributed by atoms with E-state index in [4.69, 9.17) is 21.1 Å². The van der Waals surface area contributed by atoms with Crippen LogP contribution in [0.5, 0.6) is 11.5 Å². The molecule has 2 N–H and O–H groups in total. The number of carbonyl (C=O) groups excluding carboxylic acids is 2. The number of carbonyl (C=O) groups is 2. The topological polar surface area (TPSA) is 91.3 Å². The molecule has 3 aromatic carbocycles. The molecule has 0 aromatic heterocycles. The lowest BCUT2D eigenvalue weighted by Gasteiger charge is -2.46. The average molecular weight is 578 g/mol. The van der Waals surface area contributed by atoms with Gasteiger partial charge in [-0.25, -0.2) is 4.79 Å². The fraction of sp³-hybridized carbons (Fsp3) is 0.375. The molecular formula is C32H36ClN3O5. The third-order valence-electron chi connectivity index (χ3n) is 8.04. The molecule has 0 aliphatic carbocycles. The van der Waals surface area contributed by atoms with E-state index in [1.165, 1.54) is 0 Å². The second-order valence-electron chi connectivity index (χ2n) is 11.1. The Morgan fingerprint density at radius 1 is 1.07 bits per heavy atom. The van der Waals surface area contributed by atoms with E-state index < -0.39 is 11.6 Å². The highest BCUT2D eigenvalue weighted by Crippen LogP contribution is 2.44. The van der Waals surface area contributed by atoms with Crippen LogP contribution in [-0.4, -0.2) is 55.3 Å². The van der Waals surface area contributed by atoms with Gasteiger partial charge in [0.25, 0.3) is 0 Å². The van der Waals surface area contributed by atoms with Crippen LogP contribution in [0.25, 0.3) is 0 Å². The van der Waals surface area contributed by atoms with Gasteiger partial charge in [-0.1, -0.05) is 35.9 Å².